The van der Waals surface area contributed by atoms with Crippen molar-refractivity contribution in [1.82, 2.24) is 5.32 Å². The average molecular weight is 527 g/mol. The first-order valence-corrected chi connectivity index (χ1v) is 11.8. The predicted molar refractivity (Wildman–Crippen MR) is 132 cm³/mol. The number of aliphatic hydroxyl groups is 1. The average Bonchev–Trinajstić information content (AvgIpc) is 3.62. The summed E-state index contributed by atoms with van der Waals surface area (Å²) in [6, 6.07) is 19.0. The van der Waals surface area contributed by atoms with E-state index in [-0.39, 0.29) is 22.6 Å². The van der Waals surface area contributed by atoms with Gasteiger partial charge in [0, 0.05) is 5.54 Å². The van der Waals surface area contributed by atoms with E-state index in [1.54, 1.807) is 49.4 Å². The van der Waals surface area contributed by atoms with Gasteiger partial charge < -0.3 is 19.7 Å². The SMILES string of the molecule is C[C@@H](O)C(NC1(Cc2ccc(OC(F)(F)F)cc2)CC1)Oc1cc(-c2ccc(C(=O)O)cc2)ccc1C#N. The van der Waals surface area contributed by atoms with Crippen LogP contribution in [0.5, 0.6) is 11.5 Å². The van der Waals surface area contributed by atoms with Crippen LogP contribution in [0.1, 0.15) is 41.3 Å². The van der Waals surface area contributed by atoms with Gasteiger partial charge in [-0.05, 0) is 79.3 Å². The fourth-order valence-corrected chi connectivity index (χ4v) is 4.11. The second kappa shape index (κ2) is 10.7. The number of carboxylic acids is 1. The van der Waals surface area contributed by atoms with Gasteiger partial charge in [0.15, 0.2) is 6.23 Å². The Morgan fingerprint density at radius 3 is 2.24 bits per heavy atom. The molecule has 0 amide bonds. The van der Waals surface area contributed by atoms with Crippen LogP contribution in [-0.4, -0.2) is 40.4 Å². The van der Waals surface area contributed by atoms with Crippen molar-refractivity contribution in [3.8, 4) is 28.7 Å². The fraction of sp³-hybridized carbons (Fsp3) is 0.286. The zero-order valence-electron chi connectivity index (χ0n) is 20.3. The van der Waals surface area contributed by atoms with Crippen LogP contribution in [0.4, 0.5) is 13.2 Å². The van der Waals surface area contributed by atoms with Gasteiger partial charge in [-0.3, -0.25) is 5.32 Å². The Morgan fingerprint density at radius 2 is 1.71 bits per heavy atom. The molecule has 0 saturated heterocycles. The Kier molecular flexibility index (Phi) is 7.62. The molecule has 1 saturated carbocycles. The van der Waals surface area contributed by atoms with Crippen LogP contribution in [0.2, 0.25) is 0 Å². The third-order valence-corrected chi connectivity index (χ3v) is 6.26. The van der Waals surface area contributed by atoms with E-state index in [1.807, 2.05) is 0 Å². The van der Waals surface area contributed by atoms with E-state index in [1.165, 1.54) is 24.3 Å². The van der Waals surface area contributed by atoms with E-state index in [9.17, 15) is 28.3 Å². The lowest BCUT2D eigenvalue weighted by atomic mass is 10.0. The van der Waals surface area contributed by atoms with Crippen molar-refractivity contribution in [3.63, 3.8) is 0 Å². The molecular weight excluding hydrogens is 501 g/mol. The van der Waals surface area contributed by atoms with Crippen molar-refractivity contribution >= 4 is 5.97 Å². The lowest BCUT2D eigenvalue weighted by Gasteiger charge is -2.29. The maximum atomic E-state index is 12.4. The van der Waals surface area contributed by atoms with Gasteiger partial charge in [0.2, 0.25) is 0 Å². The van der Waals surface area contributed by atoms with Gasteiger partial charge in [-0.1, -0.05) is 30.3 Å². The molecular formula is C28H25F3N2O5. The summed E-state index contributed by atoms with van der Waals surface area (Å²) in [5.74, 6) is -1.09. The Morgan fingerprint density at radius 1 is 1.08 bits per heavy atom. The molecule has 1 aliphatic rings. The molecule has 2 atom stereocenters. The van der Waals surface area contributed by atoms with Crippen molar-refractivity contribution in [2.24, 2.45) is 0 Å². The predicted octanol–water partition coefficient (Wildman–Crippen LogP) is 5.27. The van der Waals surface area contributed by atoms with Crippen molar-refractivity contribution in [2.45, 2.75) is 50.4 Å². The Balaban J connectivity index is 1.50. The number of carboxylic acid groups (broad SMARTS) is 1. The molecule has 3 aromatic rings. The second-order valence-corrected chi connectivity index (χ2v) is 9.28. The highest BCUT2D eigenvalue weighted by Gasteiger charge is 2.45. The van der Waals surface area contributed by atoms with Gasteiger partial charge in [-0.2, -0.15) is 5.26 Å². The summed E-state index contributed by atoms with van der Waals surface area (Å²) in [4.78, 5) is 11.1. The van der Waals surface area contributed by atoms with Crippen LogP contribution in [0, 0.1) is 11.3 Å². The van der Waals surface area contributed by atoms with Crippen LogP contribution in [-0.2, 0) is 6.42 Å². The number of ether oxygens (including phenoxy) is 2. The number of hydrogen-bond donors (Lipinski definition) is 3. The molecule has 38 heavy (non-hydrogen) atoms. The van der Waals surface area contributed by atoms with E-state index >= 15 is 0 Å². The first-order chi connectivity index (χ1) is 18.0. The van der Waals surface area contributed by atoms with Crippen LogP contribution in [0.15, 0.2) is 66.7 Å². The topological polar surface area (TPSA) is 112 Å². The molecule has 0 bridgehead atoms. The number of carbonyl (C=O) groups is 1. The standard InChI is InChI=1S/C28H25F3N2O5/c1-17(34)25(33-27(12-13-27)15-18-2-10-23(11-3-18)38-28(29,30)31)37-24-14-21(8-9-22(24)16-32)19-4-6-20(7-5-19)26(35)36/h2-11,14,17,25,33-34H,12-13,15H2,1H3,(H,35,36)/t17-,25?/m1/s1. The minimum absolute atomic E-state index is 0.148. The molecule has 4 rings (SSSR count). The first-order valence-electron chi connectivity index (χ1n) is 11.8. The van der Waals surface area contributed by atoms with Crippen LogP contribution < -0.4 is 14.8 Å². The summed E-state index contributed by atoms with van der Waals surface area (Å²) < 4.78 is 47.3. The van der Waals surface area contributed by atoms with Gasteiger partial charge in [0.05, 0.1) is 11.1 Å². The van der Waals surface area contributed by atoms with Crippen molar-refractivity contribution in [1.29, 1.82) is 5.26 Å². The minimum Gasteiger partial charge on any atom is -0.478 e. The largest absolute Gasteiger partial charge is 0.573 e. The summed E-state index contributed by atoms with van der Waals surface area (Å²) in [6.45, 7) is 1.55. The number of benzene rings is 3. The first kappa shape index (κ1) is 27.0. The number of aliphatic hydroxyl groups excluding tert-OH is 1. The molecule has 3 aromatic carbocycles. The molecule has 1 fully saturated rings. The van der Waals surface area contributed by atoms with Gasteiger partial charge in [-0.25, -0.2) is 4.79 Å². The van der Waals surface area contributed by atoms with E-state index in [4.69, 9.17) is 9.84 Å². The maximum Gasteiger partial charge on any atom is 0.573 e. The summed E-state index contributed by atoms with van der Waals surface area (Å²) in [5, 5.41) is 32.5. The second-order valence-electron chi connectivity index (χ2n) is 9.28. The van der Waals surface area contributed by atoms with Gasteiger partial charge in [0.1, 0.15) is 23.7 Å². The fourth-order valence-electron chi connectivity index (χ4n) is 4.11. The Bertz CT molecular complexity index is 1330. The number of nitrogens with one attached hydrogen (secondary N) is 1. The number of alkyl halides is 3. The number of hydrogen-bond acceptors (Lipinski definition) is 6. The highest BCUT2D eigenvalue weighted by Crippen LogP contribution is 2.40. The lowest BCUT2D eigenvalue weighted by molar-refractivity contribution is -0.274. The summed E-state index contributed by atoms with van der Waals surface area (Å²) in [7, 11) is 0. The number of halogens is 3. The third-order valence-electron chi connectivity index (χ3n) is 6.26. The van der Waals surface area contributed by atoms with E-state index in [2.05, 4.69) is 16.1 Å². The smallest absolute Gasteiger partial charge is 0.478 e. The molecule has 1 unspecified atom stereocenters. The Hall–Kier alpha value is -4.07. The number of aromatic carboxylic acids is 1. The lowest BCUT2D eigenvalue weighted by Crippen LogP contribution is -2.50. The van der Waals surface area contributed by atoms with Crippen LogP contribution in [0.25, 0.3) is 11.1 Å². The minimum atomic E-state index is -4.76. The highest BCUT2D eigenvalue weighted by atomic mass is 19.4. The van der Waals surface area contributed by atoms with Crippen LogP contribution in [0.3, 0.4) is 0 Å². The molecule has 3 N–H and O–H groups in total. The van der Waals surface area contributed by atoms with Crippen LogP contribution >= 0.6 is 0 Å². The molecule has 0 spiro atoms. The molecule has 10 heteroatoms. The zero-order valence-corrected chi connectivity index (χ0v) is 20.3. The summed E-state index contributed by atoms with van der Waals surface area (Å²) >= 11 is 0. The van der Waals surface area contributed by atoms with Crippen molar-refractivity contribution in [3.05, 3.63) is 83.4 Å². The molecule has 0 aliphatic heterocycles. The van der Waals surface area contributed by atoms with E-state index < -0.39 is 30.2 Å². The highest BCUT2D eigenvalue weighted by molar-refractivity contribution is 5.88. The van der Waals surface area contributed by atoms with E-state index in [0.29, 0.717) is 12.0 Å². The normalized spacial score (nSPS) is 15.7. The maximum absolute atomic E-state index is 12.4. The third kappa shape index (κ3) is 6.82. The van der Waals surface area contributed by atoms with Crippen molar-refractivity contribution < 1.29 is 37.7 Å². The van der Waals surface area contributed by atoms with Gasteiger partial charge >= 0.3 is 12.3 Å². The quantitative estimate of drug-likeness (QED) is 0.309. The Labute approximate surface area is 217 Å². The molecule has 1 aliphatic carbocycles. The molecule has 7 nitrogen and oxygen atoms in total. The zero-order chi connectivity index (χ0) is 27.5. The molecule has 0 aromatic heterocycles. The summed E-state index contributed by atoms with van der Waals surface area (Å²) in [6.07, 6.45) is -4.57. The molecule has 0 heterocycles. The summed E-state index contributed by atoms with van der Waals surface area (Å²) in [5.41, 5.74) is 2.19. The number of nitriles is 1. The van der Waals surface area contributed by atoms with E-state index in [0.717, 1.165) is 24.0 Å². The molecule has 0 radical (unpaired) electrons. The number of nitrogens with zero attached hydrogens (tertiary/aromatic N) is 1. The van der Waals surface area contributed by atoms with Crippen molar-refractivity contribution in [2.75, 3.05) is 0 Å². The monoisotopic (exact) mass is 526 g/mol. The number of rotatable bonds is 10. The van der Waals surface area contributed by atoms with Gasteiger partial charge in [0.25, 0.3) is 0 Å². The van der Waals surface area contributed by atoms with Gasteiger partial charge in [-0.15, -0.1) is 13.2 Å². The molecule has 198 valence electrons.